The van der Waals surface area contributed by atoms with Crippen molar-refractivity contribution >= 4 is 22.0 Å². The maximum absolute atomic E-state index is 9.86. The Bertz CT molecular complexity index is 500. The zero-order valence-corrected chi connectivity index (χ0v) is 12.4. The first-order valence-corrected chi connectivity index (χ1v) is 7.05. The van der Waals surface area contributed by atoms with E-state index in [1.807, 2.05) is 36.4 Å². The Hall–Kier alpha value is -1.48. The molecule has 0 fully saturated rings. The van der Waals surface area contributed by atoms with Gasteiger partial charge < -0.3 is 5.11 Å². The number of aliphatic hydroxyl groups is 1. The van der Waals surface area contributed by atoms with E-state index in [0.29, 0.717) is 4.48 Å². The summed E-state index contributed by atoms with van der Waals surface area (Å²) in [7, 11) is 0. The summed E-state index contributed by atoms with van der Waals surface area (Å²) in [6.45, 7) is 0. The largest absolute Gasteiger partial charge is 0.376 e. The van der Waals surface area contributed by atoms with Crippen molar-refractivity contribution in [1.29, 1.82) is 0 Å². The molecule has 0 aliphatic heterocycles. The third kappa shape index (κ3) is 6.87. The molecule has 0 aliphatic carbocycles. The molecule has 1 aromatic rings. The number of rotatable bonds is 5. The van der Waals surface area contributed by atoms with Crippen molar-refractivity contribution in [3.63, 3.8) is 0 Å². The van der Waals surface area contributed by atoms with E-state index < -0.39 is 6.10 Å². The molecule has 0 amide bonds. The van der Waals surface area contributed by atoms with Crippen LogP contribution < -0.4 is 0 Å². The topological polar surface area (TPSA) is 20.2 Å². The van der Waals surface area contributed by atoms with Crippen LogP contribution in [0.25, 0.3) is 6.08 Å². The first kappa shape index (κ1) is 15.6. The minimum atomic E-state index is -0.771. The molecule has 19 heavy (non-hydrogen) atoms. The summed E-state index contributed by atoms with van der Waals surface area (Å²) in [4.78, 5) is 0. The lowest BCUT2D eigenvalue weighted by Crippen LogP contribution is -2.01. The molecule has 1 atom stereocenters. The highest BCUT2D eigenvalue weighted by Gasteiger charge is 2.03. The fraction of sp³-hybridized carbons (Fsp3) is 0.294. The van der Waals surface area contributed by atoms with Gasteiger partial charge in [0.15, 0.2) is 0 Å². The second kappa shape index (κ2) is 9.45. The number of hydrogen-bond acceptors (Lipinski definition) is 1. The minimum absolute atomic E-state index is 0.676. The lowest BCUT2D eigenvalue weighted by atomic mass is 10.1. The number of benzene rings is 1. The first-order chi connectivity index (χ1) is 9.24. The number of terminal acetylenes is 1. The maximum atomic E-state index is 9.86. The van der Waals surface area contributed by atoms with Crippen LogP contribution in [0.4, 0.5) is 0 Å². The third-order valence-corrected chi connectivity index (χ3v) is 3.14. The second-order valence-corrected chi connectivity index (χ2v) is 4.99. The van der Waals surface area contributed by atoms with Gasteiger partial charge >= 0.3 is 0 Å². The zero-order valence-electron chi connectivity index (χ0n) is 10.8. The molecule has 0 radical (unpaired) electrons. The standard InChI is InChI=1S/C17H17BrO/c1-2-3-4-5-6-10-13-17(19)16(18)14-15-11-8-7-9-12-15/h1,7-9,11-12,14,17,19H,3-6H2/b16-14+. The smallest absolute Gasteiger partial charge is 0.146 e. The van der Waals surface area contributed by atoms with Gasteiger partial charge in [0.25, 0.3) is 0 Å². The Labute approximate surface area is 123 Å². The van der Waals surface area contributed by atoms with E-state index in [0.717, 1.165) is 31.2 Å². The molecular weight excluding hydrogens is 300 g/mol. The number of aliphatic hydroxyl groups excluding tert-OH is 1. The van der Waals surface area contributed by atoms with Crippen LogP contribution in [-0.4, -0.2) is 11.2 Å². The molecule has 0 saturated heterocycles. The lowest BCUT2D eigenvalue weighted by molar-refractivity contribution is 0.278. The van der Waals surface area contributed by atoms with E-state index in [1.54, 1.807) is 0 Å². The Morgan fingerprint density at radius 2 is 1.95 bits per heavy atom. The fourth-order valence-corrected chi connectivity index (χ4v) is 1.84. The van der Waals surface area contributed by atoms with Crippen LogP contribution in [0.3, 0.4) is 0 Å². The van der Waals surface area contributed by atoms with Crippen molar-refractivity contribution in [3.05, 3.63) is 40.4 Å². The predicted molar refractivity (Wildman–Crippen MR) is 84.4 cm³/mol. The molecule has 1 aromatic carbocycles. The van der Waals surface area contributed by atoms with Crippen molar-refractivity contribution in [2.75, 3.05) is 0 Å². The first-order valence-electron chi connectivity index (χ1n) is 6.26. The molecule has 2 heteroatoms. The molecule has 0 heterocycles. The SMILES string of the molecule is C#CCCCCC#CC(O)/C(Br)=C\c1ccccc1. The molecule has 0 saturated carbocycles. The van der Waals surface area contributed by atoms with Crippen LogP contribution in [0, 0.1) is 24.2 Å². The van der Waals surface area contributed by atoms with E-state index >= 15 is 0 Å². The molecule has 0 bridgehead atoms. The van der Waals surface area contributed by atoms with Crippen molar-refractivity contribution in [3.8, 4) is 24.2 Å². The number of unbranched alkanes of at least 4 members (excludes halogenated alkanes) is 3. The summed E-state index contributed by atoms with van der Waals surface area (Å²) >= 11 is 3.36. The predicted octanol–water partition coefficient (Wildman–Crippen LogP) is 3.98. The normalized spacial score (nSPS) is 12.2. The van der Waals surface area contributed by atoms with Crippen LogP contribution >= 0.6 is 15.9 Å². The Morgan fingerprint density at radius 3 is 2.63 bits per heavy atom. The van der Waals surface area contributed by atoms with Gasteiger partial charge in [-0.15, -0.1) is 18.3 Å². The van der Waals surface area contributed by atoms with Gasteiger partial charge in [-0.3, -0.25) is 0 Å². The Morgan fingerprint density at radius 1 is 1.26 bits per heavy atom. The average Bonchev–Trinajstić information content (AvgIpc) is 2.43. The lowest BCUT2D eigenvalue weighted by Gasteiger charge is -2.02. The summed E-state index contributed by atoms with van der Waals surface area (Å²) in [6, 6.07) is 9.81. The van der Waals surface area contributed by atoms with Gasteiger partial charge in [0.1, 0.15) is 6.10 Å². The quantitative estimate of drug-likeness (QED) is 0.643. The highest BCUT2D eigenvalue weighted by molar-refractivity contribution is 9.11. The van der Waals surface area contributed by atoms with E-state index in [1.165, 1.54) is 0 Å². The van der Waals surface area contributed by atoms with Crippen molar-refractivity contribution in [2.45, 2.75) is 31.8 Å². The van der Waals surface area contributed by atoms with Crippen LogP contribution in [-0.2, 0) is 0 Å². The Kier molecular flexibility index (Phi) is 7.75. The van der Waals surface area contributed by atoms with Crippen molar-refractivity contribution < 1.29 is 5.11 Å². The van der Waals surface area contributed by atoms with E-state index in [9.17, 15) is 5.11 Å². The summed E-state index contributed by atoms with van der Waals surface area (Å²) in [5.74, 6) is 8.39. The maximum Gasteiger partial charge on any atom is 0.146 e. The molecule has 1 nitrogen and oxygen atoms in total. The monoisotopic (exact) mass is 316 g/mol. The van der Waals surface area contributed by atoms with Gasteiger partial charge in [0.2, 0.25) is 0 Å². The summed E-state index contributed by atoms with van der Waals surface area (Å²) in [5, 5.41) is 9.86. The van der Waals surface area contributed by atoms with E-state index in [-0.39, 0.29) is 0 Å². The van der Waals surface area contributed by atoms with Gasteiger partial charge in [-0.05, 0) is 24.5 Å². The van der Waals surface area contributed by atoms with E-state index in [2.05, 4.69) is 33.7 Å². The average molecular weight is 317 g/mol. The summed E-state index contributed by atoms with van der Waals surface area (Å²) < 4.78 is 0.676. The van der Waals surface area contributed by atoms with Crippen LogP contribution in [0.1, 0.15) is 31.2 Å². The molecule has 0 spiro atoms. The van der Waals surface area contributed by atoms with Crippen molar-refractivity contribution in [1.82, 2.24) is 0 Å². The van der Waals surface area contributed by atoms with Crippen LogP contribution in [0.2, 0.25) is 0 Å². The third-order valence-electron chi connectivity index (χ3n) is 2.48. The van der Waals surface area contributed by atoms with Gasteiger partial charge in [-0.25, -0.2) is 0 Å². The Balaban J connectivity index is 2.45. The van der Waals surface area contributed by atoms with Gasteiger partial charge in [-0.1, -0.05) is 52.2 Å². The molecule has 1 rings (SSSR count). The summed E-state index contributed by atoms with van der Waals surface area (Å²) in [6.07, 6.45) is 9.79. The number of halogens is 1. The molecular formula is C17H17BrO. The molecule has 0 aromatic heterocycles. The van der Waals surface area contributed by atoms with Crippen LogP contribution in [0.15, 0.2) is 34.8 Å². The fourth-order valence-electron chi connectivity index (χ4n) is 1.47. The summed E-state index contributed by atoms with van der Waals surface area (Å²) in [5.41, 5.74) is 1.03. The minimum Gasteiger partial charge on any atom is -0.376 e. The van der Waals surface area contributed by atoms with Gasteiger partial charge in [0, 0.05) is 17.3 Å². The van der Waals surface area contributed by atoms with E-state index in [4.69, 9.17) is 6.42 Å². The van der Waals surface area contributed by atoms with Crippen LogP contribution in [0.5, 0.6) is 0 Å². The van der Waals surface area contributed by atoms with Gasteiger partial charge in [-0.2, -0.15) is 0 Å². The highest BCUT2D eigenvalue weighted by Crippen LogP contribution is 2.15. The van der Waals surface area contributed by atoms with Crippen molar-refractivity contribution in [2.24, 2.45) is 0 Å². The molecule has 0 aliphatic rings. The molecule has 1 N–H and O–H groups in total. The van der Waals surface area contributed by atoms with Gasteiger partial charge in [0.05, 0.1) is 0 Å². The number of hydrogen-bond donors (Lipinski definition) is 1. The molecule has 98 valence electrons. The second-order valence-electron chi connectivity index (χ2n) is 4.07. The molecule has 1 unspecified atom stereocenters. The zero-order chi connectivity index (χ0) is 13.9. The highest BCUT2D eigenvalue weighted by atomic mass is 79.9.